The molecule has 2 N–H and O–H groups in total. The van der Waals surface area contributed by atoms with E-state index in [1.807, 2.05) is 6.92 Å². The molecule has 0 amide bonds. The van der Waals surface area contributed by atoms with Gasteiger partial charge in [0, 0.05) is 12.6 Å². The van der Waals surface area contributed by atoms with Gasteiger partial charge in [-0.05, 0) is 12.8 Å². The Morgan fingerprint density at radius 2 is 1.95 bits per heavy atom. The van der Waals surface area contributed by atoms with Crippen LogP contribution in [0.3, 0.4) is 0 Å². The van der Waals surface area contributed by atoms with E-state index in [4.69, 9.17) is 9.15 Å². The minimum absolute atomic E-state index is 0.173. The van der Waals surface area contributed by atoms with Crippen LogP contribution in [0.1, 0.15) is 40.5 Å². The van der Waals surface area contributed by atoms with Gasteiger partial charge in [0.15, 0.2) is 0 Å². The van der Waals surface area contributed by atoms with E-state index in [1.165, 1.54) is 0 Å². The van der Waals surface area contributed by atoms with Crippen molar-refractivity contribution in [2.24, 2.45) is 5.92 Å². The van der Waals surface area contributed by atoms with Crippen LogP contribution in [0.4, 0.5) is 6.01 Å². The van der Waals surface area contributed by atoms with Crippen LogP contribution >= 0.6 is 0 Å². The lowest BCUT2D eigenvalue weighted by Crippen LogP contribution is -2.31. The molecule has 1 unspecified atom stereocenters. The monoisotopic (exact) mass is 270 g/mol. The first-order valence-electron chi connectivity index (χ1n) is 6.93. The van der Waals surface area contributed by atoms with Gasteiger partial charge in [-0.1, -0.05) is 32.8 Å². The fourth-order valence-electron chi connectivity index (χ4n) is 1.48. The molecule has 0 bridgehead atoms. The van der Waals surface area contributed by atoms with Crippen molar-refractivity contribution in [2.75, 3.05) is 18.5 Å². The highest BCUT2D eigenvalue weighted by atomic mass is 16.5. The van der Waals surface area contributed by atoms with Crippen LogP contribution < -0.4 is 10.6 Å². The molecule has 0 fully saturated rings. The summed E-state index contributed by atoms with van der Waals surface area (Å²) < 4.78 is 11.0. The average molecular weight is 270 g/mol. The van der Waals surface area contributed by atoms with Crippen LogP contribution in [-0.4, -0.2) is 35.5 Å². The highest BCUT2D eigenvalue weighted by molar-refractivity contribution is 5.19. The van der Waals surface area contributed by atoms with Gasteiger partial charge in [0.25, 0.3) is 0 Å². The van der Waals surface area contributed by atoms with Crippen LogP contribution in [0.15, 0.2) is 4.42 Å². The molecule has 1 aromatic rings. The van der Waals surface area contributed by atoms with Crippen molar-refractivity contribution in [3.05, 3.63) is 5.89 Å². The Morgan fingerprint density at radius 3 is 2.53 bits per heavy atom. The van der Waals surface area contributed by atoms with Crippen molar-refractivity contribution < 1.29 is 9.15 Å². The van der Waals surface area contributed by atoms with Crippen LogP contribution in [0.25, 0.3) is 0 Å². The van der Waals surface area contributed by atoms with Gasteiger partial charge in [-0.2, -0.15) is 0 Å². The van der Waals surface area contributed by atoms with Crippen LogP contribution in [0, 0.1) is 5.92 Å². The molecule has 0 aliphatic carbocycles. The summed E-state index contributed by atoms with van der Waals surface area (Å²) >= 11 is 0. The van der Waals surface area contributed by atoms with Crippen molar-refractivity contribution in [3.8, 4) is 0 Å². The molecule has 19 heavy (non-hydrogen) atoms. The normalized spacial score (nSPS) is 13.2. The molecule has 1 aromatic heterocycles. The Morgan fingerprint density at radius 1 is 1.21 bits per heavy atom. The van der Waals surface area contributed by atoms with E-state index in [-0.39, 0.29) is 6.04 Å². The van der Waals surface area contributed by atoms with Gasteiger partial charge in [-0.15, -0.1) is 5.10 Å². The summed E-state index contributed by atoms with van der Waals surface area (Å²) in [6.45, 7) is 12.3. The lowest BCUT2D eigenvalue weighted by atomic mass is 10.1. The zero-order valence-corrected chi connectivity index (χ0v) is 12.6. The molecule has 1 rings (SSSR count). The molecule has 110 valence electrons. The van der Waals surface area contributed by atoms with E-state index >= 15 is 0 Å². The van der Waals surface area contributed by atoms with E-state index in [0.29, 0.717) is 43.6 Å². The minimum atomic E-state index is 0.173. The molecule has 0 saturated heterocycles. The van der Waals surface area contributed by atoms with E-state index in [9.17, 15) is 0 Å². The number of ether oxygens (including phenoxy) is 1. The highest BCUT2D eigenvalue weighted by Gasteiger charge is 2.16. The Labute approximate surface area is 115 Å². The van der Waals surface area contributed by atoms with E-state index in [2.05, 4.69) is 48.5 Å². The standard InChI is InChI=1S/C13H26N4O2/c1-6-18-8-11(9(2)3)15-13-17-16-12(19-13)7-14-10(4)5/h9-11,14H,6-8H2,1-5H3,(H,15,17). The Kier molecular flexibility index (Phi) is 6.80. The average Bonchev–Trinajstić information content (AvgIpc) is 2.79. The van der Waals surface area contributed by atoms with Gasteiger partial charge in [-0.25, -0.2) is 0 Å². The lowest BCUT2D eigenvalue weighted by Gasteiger charge is -2.20. The van der Waals surface area contributed by atoms with Crippen molar-refractivity contribution in [1.82, 2.24) is 15.5 Å². The summed E-state index contributed by atoms with van der Waals surface area (Å²) in [4.78, 5) is 0. The number of hydrogen-bond acceptors (Lipinski definition) is 6. The number of hydrogen-bond donors (Lipinski definition) is 2. The number of aromatic nitrogens is 2. The molecule has 0 aromatic carbocycles. The molecule has 0 aliphatic heterocycles. The number of anilines is 1. The second-order valence-corrected chi connectivity index (χ2v) is 5.19. The Hall–Kier alpha value is -1.14. The molecule has 0 radical (unpaired) electrons. The van der Waals surface area contributed by atoms with Gasteiger partial charge in [0.05, 0.1) is 19.2 Å². The van der Waals surface area contributed by atoms with Crippen LogP contribution in [-0.2, 0) is 11.3 Å². The number of nitrogens with zero attached hydrogens (tertiary/aromatic N) is 2. The van der Waals surface area contributed by atoms with Gasteiger partial charge in [0.2, 0.25) is 5.89 Å². The van der Waals surface area contributed by atoms with Crippen molar-refractivity contribution >= 4 is 6.01 Å². The maximum absolute atomic E-state index is 5.54. The van der Waals surface area contributed by atoms with Gasteiger partial charge < -0.3 is 19.8 Å². The summed E-state index contributed by atoms with van der Waals surface area (Å²) in [6, 6.07) is 1.02. The van der Waals surface area contributed by atoms with Gasteiger partial charge in [-0.3, -0.25) is 0 Å². The fourth-order valence-corrected chi connectivity index (χ4v) is 1.48. The third-order valence-corrected chi connectivity index (χ3v) is 2.74. The minimum Gasteiger partial charge on any atom is -0.407 e. The first-order valence-corrected chi connectivity index (χ1v) is 6.93. The van der Waals surface area contributed by atoms with E-state index < -0.39 is 0 Å². The lowest BCUT2D eigenvalue weighted by molar-refractivity contribution is 0.126. The van der Waals surface area contributed by atoms with Crippen LogP contribution in [0.2, 0.25) is 0 Å². The van der Waals surface area contributed by atoms with E-state index in [1.54, 1.807) is 0 Å². The quantitative estimate of drug-likeness (QED) is 0.715. The molecule has 1 atom stereocenters. The number of nitrogens with one attached hydrogen (secondary N) is 2. The van der Waals surface area contributed by atoms with Gasteiger partial charge in [0.1, 0.15) is 0 Å². The predicted octanol–water partition coefficient (Wildman–Crippen LogP) is 2.04. The Balaban J connectivity index is 2.50. The van der Waals surface area contributed by atoms with Crippen LogP contribution in [0.5, 0.6) is 0 Å². The second-order valence-electron chi connectivity index (χ2n) is 5.19. The fraction of sp³-hybridized carbons (Fsp3) is 0.846. The summed E-state index contributed by atoms with van der Waals surface area (Å²) in [6.07, 6.45) is 0. The summed E-state index contributed by atoms with van der Waals surface area (Å²) in [5.41, 5.74) is 0. The largest absolute Gasteiger partial charge is 0.407 e. The molecule has 0 aliphatic rings. The molecule has 0 spiro atoms. The summed E-state index contributed by atoms with van der Waals surface area (Å²) in [5.74, 6) is 1.02. The first kappa shape index (κ1) is 15.9. The highest BCUT2D eigenvalue weighted by Crippen LogP contribution is 2.12. The zero-order valence-electron chi connectivity index (χ0n) is 12.6. The van der Waals surface area contributed by atoms with Gasteiger partial charge >= 0.3 is 6.01 Å². The van der Waals surface area contributed by atoms with Crippen molar-refractivity contribution in [2.45, 2.75) is 53.2 Å². The van der Waals surface area contributed by atoms with Crippen molar-refractivity contribution in [3.63, 3.8) is 0 Å². The molecular formula is C13H26N4O2. The predicted molar refractivity (Wildman–Crippen MR) is 75.0 cm³/mol. The summed E-state index contributed by atoms with van der Waals surface area (Å²) in [7, 11) is 0. The molecule has 6 nitrogen and oxygen atoms in total. The topological polar surface area (TPSA) is 72.2 Å². The third-order valence-electron chi connectivity index (χ3n) is 2.74. The SMILES string of the molecule is CCOCC(Nc1nnc(CNC(C)C)o1)C(C)C. The zero-order chi connectivity index (χ0) is 14.3. The molecule has 0 saturated carbocycles. The summed E-state index contributed by atoms with van der Waals surface area (Å²) in [5, 5.41) is 14.5. The molecular weight excluding hydrogens is 244 g/mol. The number of rotatable bonds is 9. The Bertz CT molecular complexity index is 352. The van der Waals surface area contributed by atoms with Crippen molar-refractivity contribution in [1.29, 1.82) is 0 Å². The second kappa shape index (κ2) is 8.12. The van der Waals surface area contributed by atoms with E-state index in [0.717, 1.165) is 0 Å². The molecule has 6 heteroatoms. The third kappa shape index (κ3) is 6.02. The smallest absolute Gasteiger partial charge is 0.315 e. The first-order chi connectivity index (χ1) is 9.02. The maximum atomic E-state index is 5.54. The maximum Gasteiger partial charge on any atom is 0.315 e. The molecule has 1 heterocycles.